The van der Waals surface area contributed by atoms with E-state index in [0.717, 1.165) is 38.7 Å². The number of nitrogens with zero attached hydrogens (tertiary/aromatic N) is 1. The van der Waals surface area contributed by atoms with E-state index in [0.29, 0.717) is 17.0 Å². The summed E-state index contributed by atoms with van der Waals surface area (Å²) in [4.78, 5) is 29.1. The molecule has 2 amide bonds. The van der Waals surface area contributed by atoms with Gasteiger partial charge in [0.15, 0.2) is 0 Å². The molecule has 0 atom stereocenters. The molecule has 0 unspecified atom stereocenters. The number of amides is 2. The Labute approximate surface area is 199 Å². The molecule has 4 nitrogen and oxygen atoms in total. The number of aryl methyl sites for hydroxylation is 4. The number of carbonyl (C=O) groups is 2. The molecule has 4 aromatic rings. The van der Waals surface area contributed by atoms with Gasteiger partial charge in [0.2, 0.25) is 0 Å². The summed E-state index contributed by atoms with van der Waals surface area (Å²) in [5.41, 5.74) is 7.17. The maximum Gasteiger partial charge on any atom is 0.282 e. The van der Waals surface area contributed by atoms with Crippen molar-refractivity contribution < 1.29 is 9.59 Å². The van der Waals surface area contributed by atoms with Gasteiger partial charge in [-0.05, 0) is 73.5 Å². The lowest BCUT2D eigenvalue weighted by atomic mass is 9.97. The molecular weight excluding hydrogens is 420 g/mol. The Hall–Kier alpha value is -4.18. The van der Waals surface area contributed by atoms with E-state index in [-0.39, 0.29) is 11.8 Å². The van der Waals surface area contributed by atoms with Crippen molar-refractivity contribution in [1.29, 1.82) is 0 Å². The fourth-order valence-electron chi connectivity index (χ4n) is 4.58. The fourth-order valence-corrected chi connectivity index (χ4v) is 4.58. The highest BCUT2D eigenvalue weighted by Crippen LogP contribution is 2.38. The largest absolute Gasteiger partial charge is 0.350 e. The lowest BCUT2D eigenvalue weighted by Crippen LogP contribution is -2.32. The predicted octanol–water partition coefficient (Wildman–Crippen LogP) is 6.47. The minimum absolute atomic E-state index is 0.299. The van der Waals surface area contributed by atoms with Crippen LogP contribution in [0, 0.1) is 27.7 Å². The number of carbonyl (C=O) groups excluding carboxylic acids is 2. The predicted molar refractivity (Wildman–Crippen MR) is 139 cm³/mol. The standard InChI is InChI=1S/C30H26N2O2/c1-18-12-15-24(21(4)16-18)27-28(31-23-14-13-19(2)20(3)17-23)30(34)32(29(27)33)26-11-7-9-22-8-5-6-10-25(22)26/h5-17,31H,1-4H3. The van der Waals surface area contributed by atoms with E-state index in [1.54, 1.807) is 0 Å². The highest BCUT2D eigenvalue weighted by atomic mass is 16.2. The Bertz CT molecular complexity index is 1510. The molecule has 1 aliphatic heterocycles. The molecule has 0 bridgehead atoms. The van der Waals surface area contributed by atoms with E-state index >= 15 is 0 Å². The molecule has 0 aromatic heterocycles. The van der Waals surface area contributed by atoms with Crippen molar-refractivity contribution in [3.05, 3.63) is 112 Å². The molecular formula is C30H26N2O2. The summed E-state index contributed by atoms with van der Waals surface area (Å²) in [6, 6.07) is 25.4. The van der Waals surface area contributed by atoms with E-state index in [1.807, 2.05) is 107 Å². The molecule has 1 N–H and O–H groups in total. The molecule has 0 spiro atoms. The minimum Gasteiger partial charge on any atom is -0.350 e. The molecule has 34 heavy (non-hydrogen) atoms. The molecule has 0 saturated heterocycles. The zero-order chi connectivity index (χ0) is 24.0. The zero-order valence-electron chi connectivity index (χ0n) is 19.8. The summed E-state index contributed by atoms with van der Waals surface area (Å²) < 4.78 is 0. The number of fused-ring (bicyclic) bond motifs is 1. The second-order valence-electron chi connectivity index (χ2n) is 8.94. The smallest absolute Gasteiger partial charge is 0.282 e. The highest BCUT2D eigenvalue weighted by Gasteiger charge is 2.41. The van der Waals surface area contributed by atoms with Gasteiger partial charge in [-0.15, -0.1) is 0 Å². The molecule has 1 heterocycles. The van der Waals surface area contributed by atoms with Gasteiger partial charge in [-0.3, -0.25) is 9.59 Å². The van der Waals surface area contributed by atoms with Gasteiger partial charge in [0.05, 0.1) is 11.3 Å². The Morgan fingerprint density at radius 2 is 1.44 bits per heavy atom. The van der Waals surface area contributed by atoms with Crippen LogP contribution in [-0.4, -0.2) is 11.8 Å². The van der Waals surface area contributed by atoms with E-state index in [4.69, 9.17) is 0 Å². The third-order valence-corrected chi connectivity index (χ3v) is 6.52. The lowest BCUT2D eigenvalue weighted by Gasteiger charge is -2.18. The number of benzene rings is 4. The SMILES string of the molecule is Cc1ccc(C2=C(Nc3ccc(C)c(C)c3)C(=O)N(c3cccc4ccccc34)C2=O)c(C)c1. The van der Waals surface area contributed by atoms with E-state index < -0.39 is 0 Å². The van der Waals surface area contributed by atoms with E-state index in [9.17, 15) is 9.59 Å². The van der Waals surface area contributed by atoms with Crippen LogP contribution in [0.15, 0.2) is 84.6 Å². The quantitative estimate of drug-likeness (QED) is 0.366. The van der Waals surface area contributed by atoms with Crippen molar-refractivity contribution in [2.45, 2.75) is 27.7 Å². The molecule has 4 aromatic carbocycles. The molecule has 1 aliphatic rings. The molecule has 168 valence electrons. The van der Waals surface area contributed by atoms with Gasteiger partial charge in [0, 0.05) is 11.1 Å². The van der Waals surface area contributed by atoms with Crippen molar-refractivity contribution in [1.82, 2.24) is 0 Å². The fraction of sp³-hybridized carbons (Fsp3) is 0.133. The van der Waals surface area contributed by atoms with Crippen LogP contribution in [0.3, 0.4) is 0 Å². The molecule has 0 aliphatic carbocycles. The van der Waals surface area contributed by atoms with Crippen LogP contribution in [0.2, 0.25) is 0 Å². The normalized spacial score (nSPS) is 13.8. The van der Waals surface area contributed by atoms with Crippen LogP contribution < -0.4 is 10.2 Å². The lowest BCUT2D eigenvalue weighted by molar-refractivity contribution is -0.120. The van der Waals surface area contributed by atoms with Gasteiger partial charge in [-0.2, -0.15) is 0 Å². The summed E-state index contributed by atoms with van der Waals surface area (Å²) >= 11 is 0. The highest BCUT2D eigenvalue weighted by molar-refractivity contribution is 6.47. The number of hydrogen-bond acceptors (Lipinski definition) is 3. The summed E-state index contributed by atoms with van der Waals surface area (Å²) in [6.45, 7) is 8.07. The monoisotopic (exact) mass is 446 g/mol. The van der Waals surface area contributed by atoms with Gasteiger partial charge >= 0.3 is 0 Å². The number of imide groups is 1. The summed E-state index contributed by atoms with van der Waals surface area (Å²) in [7, 11) is 0. The first kappa shape index (κ1) is 21.7. The van der Waals surface area contributed by atoms with E-state index in [1.165, 1.54) is 10.5 Å². The first-order chi connectivity index (χ1) is 16.3. The molecule has 0 saturated carbocycles. The van der Waals surface area contributed by atoms with Crippen molar-refractivity contribution >= 4 is 39.5 Å². The number of anilines is 2. The first-order valence-electron chi connectivity index (χ1n) is 11.4. The van der Waals surface area contributed by atoms with Gasteiger partial charge in [0.25, 0.3) is 11.8 Å². The molecule has 0 fully saturated rings. The van der Waals surface area contributed by atoms with Crippen LogP contribution in [-0.2, 0) is 9.59 Å². The zero-order valence-corrected chi connectivity index (χ0v) is 19.8. The number of hydrogen-bond donors (Lipinski definition) is 1. The topological polar surface area (TPSA) is 49.4 Å². The van der Waals surface area contributed by atoms with Crippen LogP contribution in [0.5, 0.6) is 0 Å². The van der Waals surface area contributed by atoms with Crippen molar-refractivity contribution in [3.63, 3.8) is 0 Å². The first-order valence-corrected chi connectivity index (χ1v) is 11.4. The Kier molecular flexibility index (Phi) is 5.29. The Balaban J connectivity index is 1.69. The number of rotatable bonds is 4. The van der Waals surface area contributed by atoms with Crippen LogP contribution in [0.4, 0.5) is 11.4 Å². The molecule has 4 heteroatoms. The minimum atomic E-state index is -0.352. The summed E-state index contributed by atoms with van der Waals surface area (Å²) in [6.07, 6.45) is 0. The van der Waals surface area contributed by atoms with Crippen LogP contribution >= 0.6 is 0 Å². The summed E-state index contributed by atoms with van der Waals surface area (Å²) in [5, 5.41) is 5.13. The van der Waals surface area contributed by atoms with Gasteiger partial charge < -0.3 is 5.32 Å². The Morgan fingerprint density at radius 1 is 0.676 bits per heavy atom. The average molecular weight is 447 g/mol. The average Bonchev–Trinajstić information content (AvgIpc) is 3.05. The second kappa shape index (κ2) is 8.31. The number of nitrogens with one attached hydrogen (secondary N) is 1. The third-order valence-electron chi connectivity index (χ3n) is 6.52. The van der Waals surface area contributed by atoms with Gasteiger partial charge in [-0.1, -0.05) is 66.2 Å². The maximum atomic E-state index is 13.9. The Morgan fingerprint density at radius 3 is 2.21 bits per heavy atom. The van der Waals surface area contributed by atoms with Gasteiger partial charge in [-0.25, -0.2) is 4.90 Å². The third kappa shape index (κ3) is 3.57. The van der Waals surface area contributed by atoms with Crippen molar-refractivity contribution in [3.8, 4) is 0 Å². The second-order valence-corrected chi connectivity index (χ2v) is 8.94. The van der Waals surface area contributed by atoms with Crippen LogP contribution in [0.25, 0.3) is 16.3 Å². The van der Waals surface area contributed by atoms with E-state index in [2.05, 4.69) is 5.32 Å². The van der Waals surface area contributed by atoms with Crippen molar-refractivity contribution in [2.75, 3.05) is 10.2 Å². The van der Waals surface area contributed by atoms with Crippen molar-refractivity contribution in [2.24, 2.45) is 0 Å². The van der Waals surface area contributed by atoms with Crippen LogP contribution in [0.1, 0.15) is 27.8 Å². The van der Waals surface area contributed by atoms with Gasteiger partial charge in [0.1, 0.15) is 5.70 Å². The molecule has 5 rings (SSSR count). The summed E-state index contributed by atoms with van der Waals surface area (Å²) in [5.74, 6) is -0.672. The molecule has 0 radical (unpaired) electrons. The maximum absolute atomic E-state index is 13.9.